The van der Waals surface area contributed by atoms with Crippen LogP contribution < -0.4 is 11.3 Å². The van der Waals surface area contributed by atoms with Crippen molar-refractivity contribution in [2.75, 3.05) is 0 Å². The van der Waals surface area contributed by atoms with E-state index in [1.807, 2.05) is 0 Å². The highest BCUT2D eigenvalue weighted by atomic mass is 19.4. The van der Waals surface area contributed by atoms with Gasteiger partial charge in [0.2, 0.25) is 5.91 Å². The van der Waals surface area contributed by atoms with Crippen molar-refractivity contribution in [3.63, 3.8) is 0 Å². The molecule has 0 saturated heterocycles. The fourth-order valence-corrected chi connectivity index (χ4v) is 0.666. The van der Waals surface area contributed by atoms with Crippen LogP contribution in [-0.4, -0.2) is 12.1 Å². The number of halogens is 3. The van der Waals surface area contributed by atoms with Gasteiger partial charge >= 0.3 is 6.18 Å². The topological polar surface area (TPSA) is 55.1 Å². The SMILES string of the molecule is CCC(C(=O)NN)C(F)(F)F. The van der Waals surface area contributed by atoms with E-state index in [0.29, 0.717) is 0 Å². The first kappa shape index (κ1) is 10.2. The van der Waals surface area contributed by atoms with Gasteiger partial charge in [-0.3, -0.25) is 10.2 Å². The molecule has 0 aliphatic heterocycles. The molecule has 6 heteroatoms. The summed E-state index contributed by atoms with van der Waals surface area (Å²) in [5.41, 5.74) is 1.46. The molecule has 1 atom stereocenters. The standard InChI is InChI=1S/C5H9F3N2O/c1-2-3(4(11)10-9)5(6,7)8/h3H,2,9H2,1H3,(H,10,11). The van der Waals surface area contributed by atoms with Crippen LogP contribution in [0.1, 0.15) is 13.3 Å². The first-order valence-electron chi connectivity index (χ1n) is 3.00. The van der Waals surface area contributed by atoms with Gasteiger partial charge in [-0.25, -0.2) is 5.84 Å². The van der Waals surface area contributed by atoms with E-state index in [4.69, 9.17) is 0 Å². The van der Waals surface area contributed by atoms with E-state index in [2.05, 4.69) is 5.84 Å². The molecule has 0 aliphatic rings. The van der Waals surface area contributed by atoms with Gasteiger partial charge in [0.05, 0.1) is 0 Å². The maximum Gasteiger partial charge on any atom is 0.400 e. The highest BCUT2D eigenvalue weighted by molar-refractivity contribution is 5.78. The molecule has 3 nitrogen and oxygen atoms in total. The lowest BCUT2D eigenvalue weighted by Gasteiger charge is -2.15. The minimum Gasteiger partial charge on any atom is -0.294 e. The summed E-state index contributed by atoms with van der Waals surface area (Å²) in [6.45, 7) is 1.27. The molecule has 11 heavy (non-hydrogen) atoms. The smallest absolute Gasteiger partial charge is 0.294 e. The lowest BCUT2D eigenvalue weighted by molar-refractivity contribution is -0.183. The van der Waals surface area contributed by atoms with Crippen LogP contribution in [-0.2, 0) is 4.79 Å². The summed E-state index contributed by atoms with van der Waals surface area (Å²) in [5.74, 6) is 1.36. The molecule has 0 aliphatic carbocycles. The Hall–Kier alpha value is -0.780. The molecule has 0 spiro atoms. The molecule has 1 unspecified atom stereocenters. The van der Waals surface area contributed by atoms with E-state index >= 15 is 0 Å². The second-order valence-corrected chi connectivity index (χ2v) is 2.01. The van der Waals surface area contributed by atoms with Crippen LogP contribution in [0.15, 0.2) is 0 Å². The molecule has 0 saturated carbocycles. The Bertz CT molecular complexity index is 145. The Kier molecular flexibility index (Phi) is 3.31. The van der Waals surface area contributed by atoms with Crippen LogP contribution in [0, 0.1) is 5.92 Å². The molecule has 3 N–H and O–H groups in total. The zero-order valence-corrected chi connectivity index (χ0v) is 5.90. The maximum atomic E-state index is 11.8. The minimum absolute atomic E-state index is 0.299. The molecule has 66 valence electrons. The molecule has 0 fully saturated rings. The third-order valence-corrected chi connectivity index (χ3v) is 1.26. The van der Waals surface area contributed by atoms with E-state index in [9.17, 15) is 18.0 Å². The first-order chi connectivity index (χ1) is 4.93. The fourth-order valence-electron chi connectivity index (χ4n) is 0.666. The second kappa shape index (κ2) is 3.56. The van der Waals surface area contributed by atoms with Gasteiger partial charge in [0.25, 0.3) is 0 Å². The Balaban J connectivity index is 4.29. The Morgan fingerprint density at radius 1 is 1.64 bits per heavy atom. The van der Waals surface area contributed by atoms with E-state index in [-0.39, 0.29) is 6.42 Å². The quantitative estimate of drug-likeness (QED) is 0.361. The molecule has 0 aromatic rings. The molecular formula is C5H9F3N2O. The van der Waals surface area contributed by atoms with Crippen LogP contribution in [0.25, 0.3) is 0 Å². The normalized spacial score (nSPS) is 14.3. The Morgan fingerprint density at radius 3 is 2.18 bits per heavy atom. The number of amides is 1. The van der Waals surface area contributed by atoms with Gasteiger partial charge < -0.3 is 0 Å². The third-order valence-electron chi connectivity index (χ3n) is 1.26. The number of hydrogen-bond acceptors (Lipinski definition) is 2. The lowest BCUT2D eigenvalue weighted by atomic mass is 10.1. The number of nitrogens with one attached hydrogen (secondary N) is 1. The predicted molar refractivity (Wildman–Crippen MR) is 32.2 cm³/mol. The highest BCUT2D eigenvalue weighted by Crippen LogP contribution is 2.28. The molecule has 0 aromatic carbocycles. The average Bonchev–Trinajstić information content (AvgIpc) is 1.86. The lowest BCUT2D eigenvalue weighted by Crippen LogP contribution is -2.42. The summed E-state index contributed by atoms with van der Waals surface area (Å²) in [6.07, 6.45) is -4.80. The summed E-state index contributed by atoms with van der Waals surface area (Å²) in [4.78, 5) is 10.4. The van der Waals surface area contributed by atoms with E-state index < -0.39 is 18.0 Å². The highest BCUT2D eigenvalue weighted by Gasteiger charge is 2.43. The van der Waals surface area contributed by atoms with Crippen molar-refractivity contribution < 1.29 is 18.0 Å². The van der Waals surface area contributed by atoms with E-state index in [0.717, 1.165) is 0 Å². The number of hydrazine groups is 1. The van der Waals surface area contributed by atoms with E-state index in [1.165, 1.54) is 12.3 Å². The largest absolute Gasteiger partial charge is 0.400 e. The maximum absolute atomic E-state index is 11.8. The molecule has 0 radical (unpaired) electrons. The Labute approximate surface area is 61.7 Å². The van der Waals surface area contributed by atoms with Crippen molar-refractivity contribution in [2.45, 2.75) is 19.5 Å². The summed E-state index contributed by atoms with van der Waals surface area (Å²) >= 11 is 0. The molecule has 0 rings (SSSR count). The molecule has 0 bridgehead atoms. The molecule has 0 heterocycles. The van der Waals surface area contributed by atoms with Crippen molar-refractivity contribution >= 4 is 5.91 Å². The monoisotopic (exact) mass is 170 g/mol. The van der Waals surface area contributed by atoms with E-state index in [1.54, 1.807) is 0 Å². The summed E-state index contributed by atoms with van der Waals surface area (Å²) in [6, 6.07) is 0. The zero-order valence-electron chi connectivity index (χ0n) is 5.90. The average molecular weight is 170 g/mol. The van der Waals surface area contributed by atoms with Gasteiger partial charge in [0.15, 0.2) is 0 Å². The van der Waals surface area contributed by atoms with Crippen molar-refractivity contribution in [1.29, 1.82) is 0 Å². The van der Waals surface area contributed by atoms with Crippen LogP contribution >= 0.6 is 0 Å². The predicted octanol–water partition coefficient (Wildman–Crippen LogP) is 0.565. The van der Waals surface area contributed by atoms with Crippen LogP contribution in [0.3, 0.4) is 0 Å². The third kappa shape index (κ3) is 2.75. The van der Waals surface area contributed by atoms with Crippen molar-refractivity contribution in [2.24, 2.45) is 11.8 Å². The van der Waals surface area contributed by atoms with Gasteiger partial charge in [-0.1, -0.05) is 6.92 Å². The van der Waals surface area contributed by atoms with Crippen LogP contribution in [0.2, 0.25) is 0 Å². The van der Waals surface area contributed by atoms with Gasteiger partial charge in [-0.05, 0) is 6.42 Å². The number of alkyl halides is 3. The van der Waals surface area contributed by atoms with Crippen molar-refractivity contribution in [3.05, 3.63) is 0 Å². The fraction of sp³-hybridized carbons (Fsp3) is 0.800. The van der Waals surface area contributed by atoms with Gasteiger partial charge in [-0.15, -0.1) is 0 Å². The number of carbonyl (C=O) groups excluding carboxylic acids is 1. The second-order valence-electron chi connectivity index (χ2n) is 2.01. The molecular weight excluding hydrogens is 161 g/mol. The molecule has 0 aromatic heterocycles. The molecule has 1 amide bonds. The first-order valence-corrected chi connectivity index (χ1v) is 3.00. The van der Waals surface area contributed by atoms with Crippen LogP contribution in [0.4, 0.5) is 13.2 Å². The number of hydrogen-bond donors (Lipinski definition) is 2. The minimum atomic E-state index is -4.50. The zero-order chi connectivity index (χ0) is 9.07. The summed E-state index contributed by atoms with van der Waals surface area (Å²) in [5, 5.41) is 0. The van der Waals surface area contributed by atoms with Gasteiger partial charge in [0.1, 0.15) is 5.92 Å². The Morgan fingerprint density at radius 2 is 2.09 bits per heavy atom. The van der Waals surface area contributed by atoms with Crippen molar-refractivity contribution in [3.8, 4) is 0 Å². The number of rotatable bonds is 2. The number of carbonyl (C=O) groups is 1. The van der Waals surface area contributed by atoms with Gasteiger partial charge in [0, 0.05) is 0 Å². The summed E-state index contributed by atoms with van der Waals surface area (Å²) in [7, 11) is 0. The summed E-state index contributed by atoms with van der Waals surface area (Å²) < 4.78 is 35.5. The number of nitrogens with two attached hydrogens (primary N) is 1. The van der Waals surface area contributed by atoms with Crippen LogP contribution in [0.5, 0.6) is 0 Å². The van der Waals surface area contributed by atoms with Crippen molar-refractivity contribution in [1.82, 2.24) is 5.43 Å². The van der Waals surface area contributed by atoms with Gasteiger partial charge in [-0.2, -0.15) is 13.2 Å².